The highest BCUT2D eigenvalue weighted by Crippen LogP contribution is 2.27. The molecule has 1 aromatic rings. The lowest BCUT2D eigenvalue weighted by atomic mass is 10.1. The van der Waals surface area contributed by atoms with Crippen LogP contribution >= 0.6 is 11.6 Å². The molecule has 0 bridgehead atoms. The van der Waals surface area contributed by atoms with E-state index < -0.39 is 10.0 Å². The molecule has 1 aliphatic carbocycles. The van der Waals surface area contributed by atoms with Crippen LogP contribution < -0.4 is 10.5 Å². The second-order valence-corrected chi connectivity index (χ2v) is 7.28. The quantitative estimate of drug-likeness (QED) is 0.840. The van der Waals surface area contributed by atoms with Gasteiger partial charge in [-0.2, -0.15) is 0 Å². The van der Waals surface area contributed by atoms with E-state index in [1.807, 2.05) is 0 Å². The van der Waals surface area contributed by atoms with Gasteiger partial charge in [0.2, 0.25) is 10.0 Å². The van der Waals surface area contributed by atoms with Crippen molar-refractivity contribution in [2.24, 2.45) is 5.92 Å². The summed E-state index contributed by atoms with van der Waals surface area (Å²) in [5.41, 5.74) is 6.58. The molecule has 1 aliphatic rings. The summed E-state index contributed by atoms with van der Waals surface area (Å²) in [5, 5.41) is 0.382. The summed E-state index contributed by atoms with van der Waals surface area (Å²) in [4.78, 5) is 0.215. The monoisotopic (exact) mass is 302 g/mol. The molecule has 106 valence electrons. The molecule has 0 atom stereocenters. The molecule has 0 heterocycles. The summed E-state index contributed by atoms with van der Waals surface area (Å²) in [6, 6.07) is 3.01. The van der Waals surface area contributed by atoms with Crippen LogP contribution in [-0.2, 0) is 10.0 Å². The number of hydrogen-bond donors (Lipinski definition) is 2. The van der Waals surface area contributed by atoms with Gasteiger partial charge in [0.05, 0.1) is 15.6 Å². The average molecular weight is 303 g/mol. The zero-order valence-electron chi connectivity index (χ0n) is 10.9. The van der Waals surface area contributed by atoms with Crippen molar-refractivity contribution in [2.75, 3.05) is 12.3 Å². The van der Waals surface area contributed by atoms with Gasteiger partial charge in [-0.15, -0.1) is 0 Å². The van der Waals surface area contributed by atoms with E-state index in [2.05, 4.69) is 4.72 Å². The Kier molecular flexibility index (Phi) is 4.38. The van der Waals surface area contributed by atoms with Crippen LogP contribution in [0.4, 0.5) is 5.69 Å². The average Bonchev–Trinajstić information content (AvgIpc) is 2.84. The fourth-order valence-corrected chi connectivity index (χ4v) is 4.07. The van der Waals surface area contributed by atoms with Crippen molar-refractivity contribution in [3.63, 3.8) is 0 Å². The first kappa shape index (κ1) is 14.6. The Morgan fingerprint density at radius 1 is 1.37 bits per heavy atom. The lowest BCUT2D eigenvalue weighted by molar-refractivity contribution is 0.519. The van der Waals surface area contributed by atoms with E-state index in [0.717, 1.165) is 12.8 Å². The molecule has 0 radical (unpaired) electrons. The molecule has 1 aromatic carbocycles. The third-order valence-corrected chi connectivity index (χ3v) is 5.51. The fourth-order valence-electron chi connectivity index (χ4n) is 2.48. The Morgan fingerprint density at radius 2 is 2.00 bits per heavy atom. The van der Waals surface area contributed by atoms with Crippen molar-refractivity contribution in [1.82, 2.24) is 4.72 Å². The number of sulfonamides is 1. The van der Waals surface area contributed by atoms with Crippen LogP contribution in [-0.4, -0.2) is 15.0 Å². The molecule has 19 heavy (non-hydrogen) atoms. The molecule has 4 nitrogen and oxygen atoms in total. The van der Waals surface area contributed by atoms with Crippen molar-refractivity contribution >= 4 is 27.3 Å². The summed E-state index contributed by atoms with van der Waals surface area (Å²) in [5.74, 6) is 0.458. The molecule has 0 spiro atoms. The standard InChI is InChI=1S/C13H19ClN2O2S/c1-9-6-11(14)12(15)7-13(9)19(17,18)16-8-10-4-2-3-5-10/h6-7,10,16H,2-5,8,15H2,1H3. The van der Waals surface area contributed by atoms with Crippen molar-refractivity contribution in [1.29, 1.82) is 0 Å². The number of anilines is 1. The van der Waals surface area contributed by atoms with Crippen molar-refractivity contribution in [3.8, 4) is 0 Å². The van der Waals surface area contributed by atoms with Gasteiger partial charge in [0.25, 0.3) is 0 Å². The van der Waals surface area contributed by atoms with Gasteiger partial charge in [0.1, 0.15) is 0 Å². The molecule has 0 amide bonds. The molecule has 0 aliphatic heterocycles. The van der Waals surface area contributed by atoms with Crippen LogP contribution in [0.15, 0.2) is 17.0 Å². The van der Waals surface area contributed by atoms with E-state index in [9.17, 15) is 8.42 Å². The van der Waals surface area contributed by atoms with Gasteiger partial charge < -0.3 is 5.73 Å². The number of nitrogens with one attached hydrogen (secondary N) is 1. The van der Waals surface area contributed by atoms with Gasteiger partial charge in [-0.05, 0) is 43.4 Å². The van der Waals surface area contributed by atoms with E-state index >= 15 is 0 Å². The number of nitrogens with two attached hydrogens (primary N) is 1. The van der Waals surface area contributed by atoms with Crippen molar-refractivity contribution < 1.29 is 8.42 Å². The normalized spacial score (nSPS) is 16.9. The number of aryl methyl sites for hydroxylation is 1. The van der Waals surface area contributed by atoms with Crippen molar-refractivity contribution in [2.45, 2.75) is 37.5 Å². The topological polar surface area (TPSA) is 72.2 Å². The number of halogens is 1. The molecular formula is C13H19ClN2O2S. The fraction of sp³-hybridized carbons (Fsp3) is 0.538. The summed E-state index contributed by atoms with van der Waals surface area (Å²) < 4.78 is 27.2. The minimum Gasteiger partial charge on any atom is -0.397 e. The highest BCUT2D eigenvalue weighted by atomic mass is 35.5. The first-order chi connectivity index (χ1) is 8.90. The van der Waals surface area contributed by atoms with Crippen molar-refractivity contribution in [3.05, 3.63) is 22.7 Å². The van der Waals surface area contributed by atoms with Gasteiger partial charge in [-0.25, -0.2) is 13.1 Å². The van der Waals surface area contributed by atoms with E-state index in [1.165, 1.54) is 18.9 Å². The SMILES string of the molecule is Cc1cc(Cl)c(N)cc1S(=O)(=O)NCC1CCCC1. The third-order valence-electron chi connectivity index (χ3n) is 3.62. The predicted molar refractivity (Wildman–Crippen MR) is 77.7 cm³/mol. The Hall–Kier alpha value is -0.780. The van der Waals surface area contributed by atoms with Crippen LogP contribution in [0.5, 0.6) is 0 Å². The molecule has 0 saturated heterocycles. The van der Waals surface area contributed by atoms with E-state index in [-0.39, 0.29) is 10.6 Å². The number of nitrogen functional groups attached to an aromatic ring is 1. The van der Waals surface area contributed by atoms with Crippen LogP contribution in [0.25, 0.3) is 0 Å². The maximum Gasteiger partial charge on any atom is 0.240 e. The summed E-state index contributed by atoms with van der Waals surface area (Å²) >= 11 is 5.88. The van der Waals surface area contributed by atoms with Crippen LogP contribution in [0.3, 0.4) is 0 Å². The first-order valence-electron chi connectivity index (χ1n) is 6.45. The Labute approximate surface area is 119 Å². The molecule has 3 N–H and O–H groups in total. The molecule has 0 unspecified atom stereocenters. The summed E-state index contributed by atoms with van der Waals surface area (Å²) in [6.45, 7) is 2.22. The number of rotatable bonds is 4. The second kappa shape index (κ2) is 5.69. The lowest BCUT2D eigenvalue weighted by Crippen LogP contribution is -2.29. The largest absolute Gasteiger partial charge is 0.397 e. The second-order valence-electron chi connectivity index (χ2n) is 5.14. The van der Waals surface area contributed by atoms with Crippen LogP contribution in [0, 0.1) is 12.8 Å². The van der Waals surface area contributed by atoms with Crippen LogP contribution in [0.1, 0.15) is 31.2 Å². The Bertz CT molecular complexity index is 566. The highest BCUT2D eigenvalue weighted by molar-refractivity contribution is 7.89. The lowest BCUT2D eigenvalue weighted by Gasteiger charge is -2.13. The minimum atomic E-state index is -3.51. The third kappa shape index (κ3) is 3.41. The molecule has 1 saturated carbocycles. The summed E-state index contributed by atoms with van der Waals surface area (Å²) in [7, 11) is -3.51. The molecular weight excluding hydrogens is 284 g/mol. The maximum atomic E-state index is 12.3. The molecule has 2 rings (SSSR count). The molecule has 6 heteroatoms. The number of benzene rings is 1. The zero-order chi connectivity index (χ0) is 14.0. The number of hydrogen-bond acceptors (Lipinski definition) is 3. The van der Waals surface area contributed by atoms with Crippen LogP contribution in [0.2, 0.25) is 5.02 Å². The highest BCUT2D eigenvalue weighted by Gasteiger charge is 2.21. The Morgan fingerprint density at radius 3 is 2.63 bits per heavy atom. The van der Waals surface area contributed by atoms with Gasteiger partial charge in [0, 0.05) is 6.54 Å². The van der Waals surface area contributed by atoms with E-state index in [0.29, 0.717) is 23.0 Å². The van der Waals surface area contributed by atoms with Gasteiger partial charge in [0.15, 0.2) is 0 Å². The van der Waals surface area contributed by atoms with Gasteiger partial charge in [-0.1, -0.05) is 24.4 Å². The molecule has 0 aromatic heterocycles. The minimum absolute atomic E-state index is 0.215. The first-order valence-corrected chi connectivity index (χ1v) is 8.31. The van der Waals surface area contributed by atoms with Gasteiger partial charge >= 0.3 is 0 Å². The molecule has 1 fully saturated rings. The zero-order valence-corrected chi connectivity index (χ0v) is 12.5. The van der Waals surface area contributed by atoms with Gasteiger partial charge in [-0.3, -0.25) is 0 Å². The van der Waals surface area contributed by atoms with E-state index in [4.69, 9.17) is 17.3 Å². The maximum absolute atomic E-state index is 12.3. The Balaban J connectivity index is 2.16. The smallest absolute Gasteiger partial charge is 0.240 e. The summed E-state index contributed by atoms with van der Waals surface area (Å²) in [6.07, 6.45) is 4.59. The predicted octanol–water partition coefficient (Wildman–Crippen LogP) is 2.70. The van der Waals surface area contributed by atoms with E-state index in [1.54, 1.807) is 13.0 Å².